The molecule has 2 heterocycles. The predicted octanol–water partition coefficient (Wildman–Crippen LogP) is 7.60. The van der Waals surface area contributed by atoms with E-state index in [1.54, 1.807) is 12.2 Å². The number of benzene rings is 4. The average Bonchev–Trinajstić information content (AvgIpc) is 3.28. The van der Waals surface area contributed by atoms with Crippen LogP contribution in [0.5, 0.6) is 0 Å². The van der Waals surface area contributed by atoms with Gasteiger partial charge in [-0.2, -0.15) is 4.79 Å². The minimum atomic E-state index is 0.545. The molecule has 0 saturated heterocycles. The highest BCUT2D eigenvalue weighted by molar-refractivity contribution is 6.28. The largest absolute Gasteiger partial charge is 0.354 e. The van der Waals surface area contributed by atoms with Gasteiger partial charge in [0.05, 0.1) is 16.6 Å². The lowest BCUT2D eigenvalue weighted by atomic mass is 9.99. The van der Waals surface area contributed by atoms with Crippen LogP contribution in [-0.4, -0.2) is 9.77 Å². The van der Waals surface area contributed by atoms with Crippen LogP contribution >= 0.6 is 0 Å². The number of nitrogens with zero attached hydrogens (tertiary/aromatic N) is 1. The summed E-state index contributed by atoms with van der Waals surface area (Å²) in [7, 11) is 0. The van der Waals surface area contributed by atoms with Gasteiger partial charge >= 0.3 is 0 Å². The van der Waals surface area contributed by atoms with Gasteiger partial charge in [0.25, 0.3) is 0 Å². The summed E-state index contributed by atoms with van der Waals surface area (Å²) in [5.41, 5.74) is 4.95. The van der Waals surface area contributed by atoms with Crippen LogP contribution < -0.4 is 0 Å². The summed E-state index contributed by atoms with van der Waals surface area (Å²) < 4.78 is 15.7. The first kappa shape index (κ1) is 16.1. The predicted molar refractivity (Wildman–Crippen MR) is 123 cm³/mol. The molecule has 0 aliphatic rings. The molecule has 0 aliphatic heterocycles. The maximum Gasteiger partial charge on any atom is 0.0926 e. The van der Waals surface area contributed by atoms with Crippen molar-refractivity contribution in [2.75, 3.05) is 0 Å². The van der Waals surface area contributed by atoms with Crippen LogP contribution in [0.3, 0.4) is 0 Å². The van der Waals surface area contributed by atoms with Crippen molar-refractivity contribution in [1.29, 1.82) is 0 Å². The quantitative estimate of drug-likeness (QED) is 0.321. The average molecular weight is 376 g/mol. The van der Waals surface area contributed by atoms with E-state index < -0.39 is 0 Å². The van der Waals surface area contributed by atoms with Crippen LogP contribution in [0.15, 0.2) is 73.8 Å². The van der Waals surface area contributed by atoms with Gasteiger partial charge in [0, 0.05) is 32.4 Å². The zero-order valence-electron chi connectivity index (χ0n) is 15.7. The molecule has 0 saturated carbocycles. The molecule has 0 spiro atoms. The van der Waals surface area contributed by atoms with Crippen molar-refractivity contribution in [3.63, 3.8) is 0 Å². The van der Waals surface area contributed by atoms with E-state index in [9.17, 15) is 0 Å². The van der Waals surface area contributed by atoms with Crippen molar-refractivity contribution in [2.24, 2.45) is 0 Å². The SMILES string of the molecule is C=Cc1ccc2c(c1C=C)c1ccc3[nH]c4c5ccccc5ccc4c3c1n2F. The van der Waals surface area contributed by atoms with Crippen molar-refractivity contribution in [3.8, 4) is 0 Å². The number of H-pyrrole nitrogens is 1. The molecular formula is C26H17FN2. The zero-order chi connectivity index (χ0) is 19.7. The lowest BCUT2D eigenvalue weighted by Crippen LogP contribution is -1.84. The van der Waals surface area contributed by atoms with E-state index in [0.29, 0.717) is 11.0 Å². The Hall–Kier alpha value is -3.85. The monoisotopic (exact) mass is 376 g/mol. The van der Waals surface area contributed by atoms with Crippen molar-refractivity contribution in [2.45, 2.75) is 0 Å². The number of fused-ring (bicyclic) bond motifs is 9. The number of hydrogen-bond acceptors (Lipinski definition) is 0. The summed E-state index contributed by atoms with van der Waals surface area (Å²) in [6.07, 6.45) is 3.57. The first-order chi connectivity index (χ1) is 14.2. The Morgan fingerprint density at radius 3 is 2.45 bits per heavy atom. The lowest BCUT2D eigenvalue weighted by molar-refractivity contribution is 0.406. The molecule has 6 aromatic rings. The molecular weight excluding hydrogens is 359 g/mol. The highest BCUT2D eigenvalue weighted by Crippen LogP contribution is 2.41. The molecule has 0 bridgehead atoms. The molecule has 29 heavy (non-hydrogen) atoms. The summed E-state index contributed by atoms with van der Waals surface area (Å²) in [6, 6.07) is 20.2. The van der Waals surface area contributed by atoms with Gasteiger partial charge in [0.2, 0.25) is 0 Å². The molecule has 138 valence electrons. The first-order valence-corrected chi connectivity index (χ1v) is 9.57. The third-order valence-electron chi connectivity index (χ3n) is 5.99. The van der Waals surface area contributed by atoms with Gasteiger partial charge in [-0.05, 0) is 34.7 Å². The van der Waals surface area contributed by atoms with Crippen LogP contribution in [0.25, 0.3) is 66.5 Å². The molecule has 6 rings (SSSR count). The van der Waals surface area contributed by atoms with E-state index >= 15 is 4.48 Å². The van der Waals surface area contributed by atoms with Gasteiger partial charge in [-0.3, -0.25) is 0 Å². The normalized spacial score (nSPS) is 11.9. The zero-order valence-corrected chi connectivity index (χ0v) is 15.7. The van der Waals surface area contributed by atoms with E-state index in [2.05, 4.69) is 42.4 Å². The molecule has 1 N–H and O–H groups in total. The minimum Gasteiger partial charge on any atom is -0.354 e. The van der Waals surface area contributed by atoms with Crippen LogP contribution in [0.4, 0.5) is 4.48 Å². The molecule has 0 aliphatic carbocycles. The third-order valence-corrected chi connectivity index (χ3v) is 5.99. The Kier molecular flexibility index (Phi) is 3.11. The molecule has 0 radical (unpaired) electrons. The molecule has 2 aromatic heterocycles. The van der Waals surface area contributed by atoms with E-state index in [-0.39, 0.29) is 0 Å². The summed E-state index contributed by atoms with van der Waals surface area (Å²) in [5.74, 6) is 0. The number of hydrogen-bond donors (Lipinski definition) is 1. The van der Waals surface area contributed by atoms with Crippen LogP contribution in [0.1, 0.15) is 11.1 Å². The minimum absolute atomic E-state index is 0.545. The Bertz CT molecular complexity index is 1650. The van der Waals surface area contributed by atoms with E-state index in [0.717, 1.165) is 59.3 Å². The summed E-state index contributed by atoms with van der Waals surface area (Å²) in [4.78, 5) is 4.33. The van der Waals surface area contributed by atoms with E-state index in [1.165, 1.54) is 0 Å². The number of rotatable bonds is 2. The third kappa shape index (κ3) is 1.94. The lowest BCUT2D eigenvalue weighted by Gasteiger charge is -2.03. The second-order valence-corrected chi connectivity index (χ2v) is 7.37. The van der Waals surface area contributed by atoms with Crippen molar-refractivity contribution in [3.05, 3.63) is 84.9 Å². The summed E-state index contributed by atoms with van der Waals surface area (Å²) in [6.45, 7) is 7.85. The smallest absolute Gasteiger partial charge is 0.0926 e. The van der Waals surface area contributed by atoms with Gasteiger partial charge in [0.15, 0.2) is 0 Å². The molecule has 0 atom stereocenters. The molecule has 0 amide bonds. The van der Waals surface area contributed by atoms with Crippen molar-refractivity contribution in [1.82, 2.24) is 9.77 Å². The number of aromatic amines is 1. The molecule has 2 nitrogen and oxygen atoms in total. The topological polar surface area (TPSA) is 20.7 Å². The fraction of sp³-hybridized carbons (Fsp3) is 0. The second kappa shape index (κ2) is 5.58. The van der Waals surface area contributed by atoms with Crippen molar-refractivity contribution >= 4 is 66.5 Å². The highest BCUT2D eigenvalue weighted by atomic mass is 19.2. The maximum absolute atomic E-state index is 15.7. The Morgan fingerprint density at radius 2 is 1.62 bits per heavy atom. The summed E-state index contributed by atoms with van der Waals surface area (Å²) in [5, 5.41) is 5.96. The molecule has 3 heteroatoms. The van der Waals surface area contributed by atoms with Crippen LogP contribution in [0, 0.1) is 0 Å². The number of aromatic nitrogens is 2. The number of nitrogens with one attached hydrogen (secondary N) is 1. The molecule has 0 unspecified atom stereocenters. The number of halogens is 1. The van der Waals surface area contributed by atoms with Gasteiger partial charge in [-0.1, -0.05) is 72.3 Å². The fourth-order valence-corrected chi connectivity index (χ4v) is 4.71. The van der Waals surface area contributed by atoms with Crippen LogP contribution in [-0.2, 0) is 0 Å². The van der Waals surface area contributed by atoms with Crippen LogP contribution in [0.2, 0.25) is 0 Å². The molecule has 0 fully saturated rings. The van der Waals surface area contributed by atoms with Gasteiger partial charge in [-0.25, -0.2) is 0 Å². The second-order valence-electron chi connectivity index (χ2n) is 7.37. The Labute approximate surface area is 166 Å². The van der Waals surface area contributed by atoms with E-state index in [4.69, 9.17) is 0 Å². The van der Waals surface area contributed by atoms with Gasteiger partial charge < -0.3 is 4.98 Å². The van der Waals surface area contributed by atoms with E-state index in [1.807, 2.05) is 36.4 Å². The standard InChI is InChI=1S/C26H17FN2/c1-3-15-10-14-22-23(17(15)4-2)20-12-13-21-24(26(20)29(22)27)19-11-9-16-7-5-6-8-18(16)25(19)28-21/h3-14,28H,1-2H2. The maximum atomic E-state index is 15.7. The highest BCUT2D eigenvalue weighted by Gasteiger charge is 2.19. The first-order valence-electron chi connectivity index (χ1n) is 9.57. The summed E-state index contributed by atoms with van der Waals surface area (Å²) >= 11 is 0. The van der Waals surface area contributed by atoms with Gasteiger partial charge in [0.1, 0.15) is 0 Å². The molecule has 4 aromatic carbocycles. The van der Waals surface area contributed by atoms with Gasteiger partial charge in [-0.15, -0.1) is 0 Å². The Balaban J connectivity index is 1.90. The van der Waals surface area contributed by atoms with Crippen molar-refractivity contribution < 1.29 is 4.48 Å². The Morgan fingerprint density at radius 1 is 0.793 bits per heavy atom. The fourth-order valence-electron chi connectivity index (χ4n) is 4.71.